The van der Waals surface area contributed by atoms with Crippen LogP contribution in [0.4, 0.5) is 5.82 Å². The molecule has 0 atom stereocenters. The molecule has 0 spiro atoms. The van der Waals surface area contributed by atoms with Crippen molar-refractivity contribution >= 4 is 27.4 Å². The van der Waals surface area contributed by atoms with Crippen LogP contribution in [0, 0.1) is 6.92 Å². The minimum atomic E-state index is 0.787. The first-order valence-electron chi connectivity index (χ1n) is 7.40. The summed E-state index contributed by atoms with van der Waals surface area (Å²) >= 11 is 1.85. The largest absolute Gasteiger partial charge is 0.382 e. The number of anilines is 1. The summed E-state index contributed by atoms with van der Waals surface area (Å²) in [4.78, 5) is 11.9. The van der Waals surface area contributed by atoms with Gasteiger partial charge in [-0.2, -0.15) is 0 Å². The molecule has 2 heterocycles. The van der Waals surface area contributed by atoms with Crippen molar-refractivity contribution < 1.29 is 4.74 Å². The third kappa shape index (κ3) is 2.65. The van der Waals surface area contributed by atoms with Crippen LogP contribution in [0.1, 0.15) is 36.0 Å². The molecule has 0 radical (unpaired) electrons. The molecule has 0 saturated carbocycles. The molecule has 0 amide bonds. The molecule has 0 saturated heterocycles. The minimum absolute atomic E-state index is 0.787. The molecule has 1 N–H and O–H groups in total. The van der Waals surface area contributed by atoms with Crippen LogP contribution >= 0.6 is 11.3 Å². The average Bonchev–Trinajstić information content (AvgIpc) is 2.98. The summed E-state index contributed by atoms with van der Waals surface area (Å²) in [7, 11) is 0. The van der Waals surface area contributed by atoms with Crippen LogP contribution in [0.25, 0.3) is 10.2 Å². The fourth-order valence-corrected chi connectivity index (χ4v) is 4.06. The van der Waals surface area contributed by atoms with Gasteiger partial charge in [-0.3, -0.25) is 0 Å². The first kappa shape index (κ1) is 13.8. The van der Waals surface area contributed by atoms with Gasteiger partial charge in [0.05, 0.1) is 5.39 Å². The van der Waals surface area contributed by atoms with Crippen LogP contribution in [0.15, 0.2) is 0 Å². The van der Waals surface area contributed by atoms with E-state index in [1.165, 1.54) is 35.1 Å². The molecule has 2 aromatic rings. The van der Waals surface area contributed by atoms with E-state index in [1.54, 1.807) is 0 Å². The number of ether oxygens (including phenoxy) is 1. The van der Waals surface area contributed by atoms with Gasteiger partial charge in [0.2, 0.25) is 0 Å². The summed E-state index contributed by atoms with van der Waals surface area (Å²) in [5, 5.41) is 4.75. The van der Waals surface area contributed by atoms with Gasteiger partial charge >= 0.3 is 0 Å². The van der Waals surface area contributed by atoms with Gasteiger partial charge in [-0.05, 0) is 45.1 Å². The number of fused-ring (bicyclic) bond motifs is 3. The highest BCUT2D eigenvalue weighted by Gasteiger charge is 2.21. The molecule has 0 fully saturated rings. The lowest BCUT2D eigenvalue weighted by molar-refractivity contribution is 0.147. The third-order valence-electron chi connectivity index (χ3n) is 3.64. The number of hydrogen-bond donors (Lipinski definition) is 1. The van der Waals surface area contributed by atoms with E-state index in [0.717, 1.165) is 42.7 Å². The third-order valence-corrected chi connectivity index (χ3v) is 4.82. The highest BCUT2D eigenvalue weighted by Crippen LogP contribution is 2.39. The van der Waals surface area contributed by atoms with Crippen molar-refractivity contribution in [2.24, 2.45) is 0 Å². The zero-order valence-electron chi connectivity index (χ0n) is 12.2. The molecule has 1 aliphatic rings. The second-order valence-corrected chi connectivity index (χ2v) is 6.22. The van der Waals surface area contributed by atoms with Crippen LogP contribution in [-0.4, -0.2) is 29.7 Å². The van der Waals surface area contributed by atoms with Gasteiger partial charge in [0.1, 0.15) is 16.5 Å². The van der Waals surface area contributed by atoms with Crippen molar-refractivity contribution in [3.63, 3.8) is 0 Å². The summed E-state index contributed by atoms with van der Waals surface area (Å²) in [6.45, 7) is 6.48. The predicted octanol–water partition coefficient (Wildman–Crippen LogP) is 3.33. The molecule has 0 aliphatic heterocycles. The van der Waals surface area contributed by atoms with Crippen molar-refractivity contribution in [1.29, 1.82) is 0 Å². The van der Waals surface area contributed by atoms with Crippen molar-refractivity contribution in [2.45, 2.75) is 39.5 Å². The monoisotopic (exact) mass is 291 g/mol. The van der Waals surface area contributed by atoms with E-state index in [2.05, 4.69) is 15.3 Å². The van der Waals surface area contributed by atoms with Gasteiger partial charge in [0.25, 0.3) is 0 Å². The van der Waals surface area contributed by atoms with E-state index in [4.69, 9.17) is 4.74 Å². The smallest absolute Gasteiger partial charge is 0.138 e. The van der Waals surface area contributed by atoms with Gasteiger partial charge in [-0.1, -0.05) is 0 Å². The quantitative estimate of drug-likeness (QED) is 0.829. The van der Waals surface area contributed by atoms with Crippen LogP contribution in [0.5, 0.6) is 0 Å². The molecule has 3 rings (SSSR count). The molecule has 2 aromatic heterocycles. The number of aryl methyl sites for hydroxylation is 3. The zero-order chi connectivity index (χ0) is 13.9. The molecular weight excluding hydrogens is 270 g/mol. The summed E-state index contributed by atoms with van der Waals surface area (Å²) in [6, 6.07) is 0. The van der Waals surface area contributed by atoms with Gasteiger partial charge < -0.3 is 10.1 Å². The highest BCUT2D eigenvalue weighted by molar-refractivity contribution is 7.19. The summed E-state index contributed by atoms with van der Waals surface area (Å²) in [6.07, 6.45) is 4.66. The maximum absolute atomic E-state index is 5.37. The van der Waals surface area contributed by atoms with E-state index in [-0.39, 0.29) is 0 Å². The van der Waals surface area contributed by atoms with Gasteiger partial charge in [0, 0.05) is 24.6 Å². The average molecular weight is 291 g/mol. The Hall–Kier alpha value is -1.20. The summed E-state index contributed by atoms with van der Waals surface area (Å²) in [5.41, 5.74) is 1.48. The highest BCUT2D eigenvalue weighted by atomic mass is 32.1. The topological polar surface area (TPSA) is 47.0 Å². The molecule has 5 heteroatoms. The Labute approximate surface area is 123 Å². The maximum Gasteiger partial charge on any atom is 0.138 e. The molecule has 0 aromatic carbocycles. The first-order chi connectivity index (χ1) is 9.79. The van der Waals surface area contributed by atoms with E-state index in [9.17, 15) is 0 Å². The number of rotatable bonds is 6. The van der Waals surface area contributed by atoms with E-state index < -0.39 is 0 Å². The molecule has 0 bridgehead atoms. The fourth-order valence-electron chi connectivity index (χ4n) is 2.76. The number of nitrogens with zero attached hydrogens (tertiary/aromatic N) is 2. The van der Waals surface area contributed by atoms with Gasteiger partial charge in [-0.15, -0.1) is 11.3 Å². The molecule has 0 unspecified atom stereocenters. The Kier molecular flexibility index (Phi) is 4.17. The Morgan fingerprint density at radius 2 is 2.20 bits per heavy atom. The predicted molar refractivity (Wildman–Crippen MR) is 83.8 cm³/mol. The lowest BCUT2D eigenvalue weighted by atomic mass is 10.2. The Balaban J connectivity index is 1.82. The van der Waals surface area contributed by atoms with Crippen molar-refractivity contribution in [1.82, 2.24) is 9.97 Å². The van der Waals surface area contributed by atoms with Gasteiger partial charge in [0.15, 0.2) is 0 Å². The first-order valence-corrected chi connectivity index (χ1v) is 8.21. The minimum Gasteiger partial charge on any atom is -0.382 e. The van der Waals surface area contributed by atoms with Crippen molar-refractivity contribution in [3.05, 3.63) is 16.3 Å². The van der Waals surface area contributed by atoms with Crippen molar-refractivity contribution in [2.75, 3.05) is 25.1 Å². The van der Waals surface area contributed by atoms with E-state index in [0.29, 0.717) is 0 Å². The van der Waals surface area contributed by atoms with Crippen LogP contribution in [0.2, 0.25) is 0 Å². The number of thiophene rings is 1. The molecule has 20 heavy (non-hydrogen) atoms. The summed E-state index contributed by atoms with van der Waals surface area (Å²) < 4.78 is 5.37. The lowest BCUT2D eigenvalue weighted by Gasteiger charge is -2.09. The van der Waals surface area contributed by atoms with Crippen LogP contribution < -0.4 is 5.32 Å². The number of nitrogens with one attached hydrogen (secondary N) is 1. The van der Waals surface area contributed by atoms with E-state index in [1.807, 2.05) is 25.2 Å². The molecule has 1 aliphatic carbocycles. The number of hydrogen-bond acceptors (Lipinski definition) is 5. The van der Waals surface area contributed by atoms with E-state index >= 15 is 0 Å². The second kappa shape index (κ2) is 6.06. The molecular formula is C15H21N3OS. The maximum atomic E-state index is 5.37. The Morgan fingerprint density at radius 1 is 1.30 bits per heavy atom. The SMILES string of the molecule is CCOCCCNc1nc(C)nc2sc3c(c12)CCC3. The molecule has 4 nitrogen and oxygen atoms in total. The second-order valence-electron chi connectivity index (χ2n) is 5.13. The lowest BCUT2D eigenvalue weighted by Crippen LogP contribution is -2.08. The van der Waals surface area contributed by atoms with Crippen LogP contribution in [-0.2, 0) is 17.6 Å². The molecule has 108 valence electrons. The van der Waals surface area contributed by atoms with Gasteiger partial charge in [-0.25, -0.2) is 9.97 Å². The standard InChI is InChI=1S/C15H21N3OS/c1-3-19-9-5-8-16-14-13-11-6-4-7-12(11)20-15(13)18-10(2)17-14/h3-9H2,1-2H3,(H,16,17,18). The number of aromatic nitrogens is 2. The normalized spacial score (nSPS) is 13.9. The Bertz CT molecular complexity index is 609. The zero-order valence-corrected chi connectivity index (χ0v) is 13.0. The summed E-state index contributed by atoms with van der Waals surface area (Å²) in [5.74, 6) is 1.87. The fraction of sp³-hybridized carbons (Fsp3) is 0.600. The Morgan fingerprint density at radius 3 is 3.05 bits per heavy atom. The van der Waals surface area contributed by atoms with Crippen LogP contribution in [0.3, 0.4) is 0 Å². The van der Waals surface area contributed by atoms with Crippen molar-refractivity contribution in [3.8, 4) is 0 Å².